The van der Waals surface area contributed by atoms with Crippen molar-refractivity contribution in [3.63, 3.8) is 0 Å². The first-order valence-corrected chi connectivity index (χ1v) is 7.78. The van der Waals surface area contributed by atoms with Gasteiger partial charge in [-0.1, -0.05) is 25.5 Å². The van der Waals surface area contributed by atoms with Gasteiger partial charge < -0.3 is 14.8 Å². The van der Waals surface area contributed by atoms with Gasteiger partial charge in [0.05, 0.1) is 13.7 Å². The number of rotatable bonds is 9. The van der Waals surface area contributed by atoms with E-state index in [4.69, 9.17) is 9.47 Å². The molecule has 0 unspecified atom stereocenters. The van der Waals surface area contributed by atoms with Crippen LogP contribution in [0, 0.1) is 0 Å². The Morgan fingerprint density at radius 3 is 2.85 bits per heavy atom. The Balaban J connectivity index is 1.59. The number of hydrogen-bond acceptors (Lipinski definition) is 3. The fraction of sp³-hybridized carbons (Fsp3) is 0.647. The summed E-state index contributed by atoms with van der Waals surface area (Å²) in [6.07, 6.45) is 4.82. The van der Waals surface area contributed by atoms with E-state index >= 15 is 0 Å². The zero-order valence-electron chi connectivity index (χ0n) is 12.7. The van der Waals surface area contributed by atoms with Crippen LogP contribution in [0.1, 0.15) is 44.1 Å². The molecule has 2 rings (SSSR count). The maximum Gasteiger partial charge on any atom is 0.119 e. The number of methoxy groups -OCH3 is 1. The van der Waals surface area contributed by atoms with Crippen molar-refractivity contribution in [2.45, 2.75) is 44.6 Å². The van der Waals surface area contributed by atoms with Crippen LogP contribution in [0.25, 0.3) is 0 Å². The first-order valence-electron chi connectivity index (χ1n) is 7.78. The first kappa shape index (κ1) is 15.3. The van der Waals surface area contributed by atoms with Crippen molar-refractivity contribution in [1.82, 2.24) is 5.32 Å². The third-order valence-corrected chi connectivity index (χ3v) is 4.02. The summed E-state index contributed by atoms with van der Waals surface area (Å²) in [7, 11) is 1.72. The van der Waals surface area contributed by atoms with Gasteiger partial charge in [-0.3, -0.25) is 0 Å². The van der Waals surface area contributed by atoms with Crippen molar-refractivity contribution in [1.29, 1.82) is 0 Å². The van der Waals surface area contributed by atoms with Crippen molar-refractivity contribution in [2.75, 3.05) is 26.9 Å². The van der Waals surface area contributed by atoms with Crippen LogP contribution in [0.3, 0.4) is 0 Å². The molecule has 0 bridgehead atoms. The van der Waals surface area contributed by atoms with E-state index < -0.39 is 0 Å². The summed E-state index contributed by atoms with van der Waals surface area (Å²) in [4.78, 5) is 0. The van der Waals surface area contributed by atoms with Crippen LogP contribution in [0.15, 0.2) is 24.3 Å². The molecule has 1 aromatic rings. The summed E-state index contributed by atoms with van der Waals surface area (Å²) < 4.78 is 10.8. The molecule has 1 saturated carbocycles. The van der Waals surface area contributed by atoms with Crippen LogP contribution < -0.4 is 10.1 Å². The summed E-state index contributed by atoms with van der Waals surface area (Å²) in [6, 6.07) is 9.11. The molecule has 0 saturated heterocycles. The average Bonchev–Trinajstić information content (AvgIpc) is 2.44. The fourth-order valence-corrected chi connectivity index (χ4v) is 2.64. The molecule has 112 valence electrons. The second-order valence-corrected chi connectivity index (χ2v) is 5.56. The summed E-state index contributed by atoms with van der Waals surface area (Å²) >= 11 is 0. The predicted octanol–water partition coefficient (Wildman–Crippen LogP) is 3.35. The highest BCUT2D eigenvalue weighted by molar-refractivity contribution is 5.32. The van der Waals surface area contributed by atoms with E-state index in [0.29, 0.717) is 12.0 Å². The van der Waals surface area contributed by atoms with Crippen molar-refractivity contribution >= 4 is 0 Å². The van der Waals surface area contributed by atoms with Gasteiger partial charge in [0.1, 0.15) is 5.75 Å². The number of nitrogens with one attached hydrogen (secondary N) is 1. The van der Waals surface area contributed by atoms with Gasteiger partial charge in [0.25, 0.3) is 0 Å². The van der Waals surface area contributed by atoms with Gasteiger partial charge in [-0.15, -0.1) is 0 Å². The smallest absolute Gasteiger partial charge is 0.119 e. The molecule has 3 nitrogen and oxygen atoms in total. The lowest BCUT2D eigenvalue weighted by molar-refractivity contribution is 0.126. The molecule has 1 fully saturated rings. The highest BCUT2D eigenvalue weighted by Crippen LogP contribution is 2.37. The third-order valence-electron chi connectivity index (χ3n) is 4.02. The summed E-state index contributed by atoms with van der Waals surface area (Å²) in [5.41, 5.74) is 1.40. The molecular weight excluding hydrogens is 250 g/mol. The number of hydrogen-bond donors (Lipinski definition) is 1. The van der Waals surface area contributed by atoms with Crippen LogP contribution in [-0.2, 0) is 4.74 Å². The predicted molar refractivity (Wildman–Crippen MR) is 82.5 cm³/mol. The standard InChI is InChI=1S/C17H27NO2/c1-3-4-9-20-10-8-18-16-11-15(12-16)14-6-5-7-17(13-14)19-2/h5-7,13,15-16,18H,3-4,8-12H2,1-2H3. The molecule has 0 aromatic heterocycles. The Kier molecular flexibility index (Phi) is 6.34. The van der Waals surface area contributed by atoms with Crippen LogP contribution >= 0.6 is 0 Å². The Morgan fingerprint density at radius 2 is 2.10 bits per heavy atom. The van der Waals surface area contributed by atoms with Crippen molar-refractivity contribution < 1.29 is 9.47 Å². The zero-order valence-corrected chi connectivity index (χ0v) is 12.7. The molecule has 0 atom stereocenters. The quantitative estimate of drug-likeness (QED) is 0.702. The Hall–Kier alpha value is -1.06. The monoisotopic (exact) mass is 277 g/mol. The molecule has 0 radical (unpaired) electrons. The number of benzene rings is 1. The van der Waals surface area contributed by atoms with E-state index in [1.54, 1.807) is 7.11 Å². The molecule has 3 heteroatoms. The molecule has 20 heavy (non-hydrogen) atoms. The van der Waals surface area contributed by atoms with Gasteiger partial charge in [0.2, 0.25) is 0 Å². The topological polar surface area (TPSA) is 30.5 Å². The molecule has 1 aliphatic carbocycles. The fourth-order valence-electron chi connectivity index (χ4n) is 2.64. The minimum Gasteiger partial charge on any atom is -0.497 e. The molecule has 1 N–H and O–H groups in total. The van der Waals surface area contributed by atoms with E-state index in [-0.39, 0.29) is 0 Å². The SMILES string of the molecule is CCCCOCCNC1CC(c2cccc(OC)c2)C1. The highest BCUT2D eigenvalue weighted by atomic mass is 16.5. The Morgan fingerprint density at radius 1 is 1.25 bits per heavy atom. The van der Waals surface area contributed by atoms with Crippen LogP contribution in [0.5, 0.6) is 5.75 Å². The van der Waals surface area contributed by atoms with Gasteiger partial charge in [0, 0.05) is 19.2 Å². The van der Waals surface area contributed by atoms with E-state index in [2.05, 4.69) is 30.4 Å². The van der Waals surface area contributed by atoms with E-state index in [0.717, 1.165) is 25.5 Å². The average molecular weight is 277 g/mol. The van der Waals surface area contributed by atoms with E-state index in [9.17, 15) is 0 Å². The molecule has 0 amide bonds. The number of ether oxygens (including phenoxy) is 2. The Bertz CT molecular complexity index is 388. The summed E-state index contributed by atoms with van der Waals surface area (Å²) in [6.45, 7) is 4.89. The Labute approximate surface area is 122 Å². The van der Waals surface area contributed by atoms with Crippen LogP contribution in [-0.4, -0.2) is 32.9 Å². The minimum absolute atomic E-state index is 0.654. The zero-order chi connectivity index (χ0) is 14.2. The van der Waals surface area contributed by atoms with Crippen molar-refractivity contribution in [3.05, 3.63) is 29.8 Å². The first-order chi connectivity index (χ1) is 9.83. The number of unbranched alkanes of at least 4 members (excludes halogenated alkanes) is 1. The molecule has 0 spiro atoms. The lowest BCUT2D eigenvalue weighted by atomic mass is 9.76. The van der Waals surface area contributed by atoms with Gasteiger partial charge >= 0.3 is 0 Å². The second-order valence-electron chi connectivity index (χ2n) is 5.56. The van der Waals surface area contributed by atoms with E-state index in [1.807, 2.05) is 6.07 Å². The van der Waals surface area contributed by atoms with Crippen LogP contribution in [0.4, 0.5) is 0 Å². The van der Waals surface area contributed by atoms with Crippen LogP contribution in [0.2, 0.25) is 0 Å². The largest absolute Gasteiger partial charge is 0.497 e. The maximum absolute atomic E-state index is 5.56. The lowest BCUT2D eigenvalue weighted by Crippen LogP contribution is -2.41. The van der Waals surface area contributed by atoms with Gasteiger partial charge in [0.15, 0.2) is 0 Å². The lowest BCUT2D eigenvalue weighted by Gasteiger charge is -2.36. The summed E-state index contributed by atoms with van der Waals surface area (Å²) in [5, 5.41) is 3.57. The molecular formula is C17H27NO2. The highest BCUT2D eigenvalue weighted by Gasteiger charge is 2.29. The van der Waals surface area contributed by atoms with Crippen molar-refractivity contribution in [2.24, 2.45) is 0 Å². The molecule has 1 aromatic carbocycles. The minimum atomic E-state index is 0.654. The third kappa shape index (κ3) is 4.50. The molecule has 1 aliphatic rings. The second kappa shape index (κ2) is 8.28. The van der Waals surface area contributed by atoms with Gasteiger partial charge in [-0.05, 0) is 42.9 Å². The van der Waals surface area contributed by atoms with E-state index in [1.165, 1.54) is 31.2 Å². The summed E-state index contributed by atoms with van der Waals surface area (Å²) in [5.74, 6) is 1.65. The molecule has 0 heterocycles. The molecule has 0 aliphatic heterocycles. The normalized spacial score (nSPS) is 21.5. The van der Waals surface area contributed by atoms with Crippen molar-refractivity contribution in [3.8, 4) is 5.75 Å². The van der Waals surface area contributed by atoms with Gasteiger partial charge in [-0.25, -0.2) is 0 Å². The van der Waals surface area contributed by atoms with Gasteiger partial charge in [-0.2, -0.15) is 0 Å². The maximum atomic E-state index is 5.56.